The van der Waals surface area contributed by atoms with Gasteiger partial charge in [0.1, 0.15) is 0 Å². The van der Waals surface area contributed by atoms with E-state index in [1.807, 2.05) is 0 Å². The SMILES string of the molecule is CCCCC1=c2ccc3c4c(ccc(c24)CC1)=CCC3. The first-order valence-corrected chi connectivity index (χ1v) is 8.14. The minimum atomic E-state index is 1.20. The smallest absolute Gasteiger partial charge is 0.00710 e. The molecule has 0 aromatic heterocycles. The van der Waals surface area contributed by atoms with E-state index in [-0.39, 0.29) is 0 Å². The third-order valence-corrected chi connectivity index (χ3v) is 5.05. The van der Waals surface area contributed by atoms with E-state index in [0.29, 0.717) is 0 Å². The molecule has 20 heavy (non-hydrogen) atoms. The van der Waals surface area contributed by atoms with Gasteiger partial charge in [-0.3, -0.25) is 0 Å². The van der Waals surface area contributed by atoms with Crippen molar-refractivity contribution in [2.45, 2.75) is 51.9 Å². The minimum Gasteiger partial charge on any atom is -0.0763 e. The van der Waals surface area contributed by atoms with Gasteiger partial charge in [-0.05, 0) is 70.9 Å². The van der Waals surface area contributed by atoms with Crippen LogP contribution >= 0.6 is 0 Å². The monoisotopic (exact) mass is 262 g/mol. The van der Waals surface area contributed by atoms with E-state index in [4.69, 9.17) is 0 Å². The summed E-state index contributed by atoms with van der Waals surface area (Å²) in [5, 5.41) is 6.20. The van der Waals surface area contributed by atoms with E-state index >= 15 is 0 Å². The van der Waals surface area contributed by atoms with Gasteiger partial charge in [0.15, 0.2) is 0 Å². The predicted octanol–water partition coefficient (Wildman–Crippen LogP) is 3.85. The third-order valence-electron chi connectivity index (χ3n) is 5.05. The second kappa shape index (κ2) is 4.77. The molecule has 2 aliphatic rings. The average Bonchev–Trinajstić information content (AvgIpc) is 2.51. The van der Waals surface area contributed by atoms with Crippen LogP contribution in [0.1, 0.15) is 50.2 Å². The molecule has 0 N–H and O–H groups in total. The number of hydrogen-bond donors (Lipinski definition) is 0. The maximum atomic E-state index is 2.43. The molecular formula is C20H22. The van der Waals surface area contributed by atoms with Gasteiger partial charge in [-0.1, -0.05) is 49.3 Å². The molecule has 0 heteroatoms. The molecule has 4 rings (SSSR count). The minimum absolute atomic E-state index is 1.20. The zero-order chi connectivity index (χ0) is 13.5. The van der Waals surface area contributed by atoms with E-state index in [0.717, 1.165) is 0 Å². The maximum Gasteiger partial charge on any atom is -0.00710 e. The van der Waals surface area contributed by atoms with Gasteiger partial charge < -0.3 is 0 Å². The fourth-order valence-electron chi connectivity index (χ4n) is 4.00. The highest BCUT2D eigenvalue weighted by molar-refractivity contribution is 5.93. The molecular weight excluding hydrogens is 240 g/mol. The Hall–Kier alpha value is -1.56. The first-order chi connectivity index (χ1) is 9.88. The van der Waals surface area contributed by atoms with Crippen molar-refractivity contribution in [2.24, 2.45) is 0 Å². The van der Waals surface area contributed by atoms with E-state index < -0.39 is 0 Å². The van der Waals surface area contributed by atoms with Gasteiger partial charge >= 0.3 is 0 Å². The second-order valence-corrected chi connectivity index (χ2v) is 6.29. The quantitative estimate of drug-likeness (QED) is 0.788. The molecule has 0 bridgehead atoms. The summed E-state index contributed by atoms with van der Waals surface area (Å²) in [7, 11) is 0. The number of benzene rings is 2. The van der Waals surface area contributed by atoms with Crippen LogP contribution in [0.4, 0.5) is 0 Å². The van der Waals surface area contributed by atoms with E-state index in [1.54, 1.807) is 32.7 Å². The van der Waals surface area contributed by atoms with Crippen LogP contribution in [-0.4, -0.2) is 0 Å². The summed E-state index contributed by atoms with van der Waals surface area (Å²) >= 11 is 0. The molecule has 0 aliphatic heterocycles. The van der Waals surface area contributed by atoms with Crippen LogP contribution in [0, 0.1) is 0 Å². The Labute approximate surface area is 120 Å². The summed E-state index contributed by atoms with van der Waals surface area (Å²) < 4.78 is 0. The molecule has 0 fully saturated rings. The van der Waals surface area contributed by atoms with Crippen molar-refractivity contribution < 1.29 is 0 Å². The highest BCUT2D eigenvalue weighted by Gasteiger charge is 2.16. The van der Waals surface area contributed by atoms with E-state index in [2.05, 4.69) is 37.3 Å². The molecule has 0 unspecified atom stereocenters. The molecule has 102 valence electrons. The fourth-order valence-corrected chi connectivity index (χ4v) is 4.00. The number of aryl methyl sites for hydroxylation is 2. The Morgan fingerprint density at radius 2 is 1.75 bits per heavy atom. The van der Waals surface area contributed by atoms with Gasteiger partial charge in [-0.15, -0.1) is 0 Å². The van der Waals surface area contributed by atoms with Gasteiger partial charge in [0.25, 0.3) is 0 Å². The Bertz CT molecular complexity index is 793. The van der Waals surface area contributed by atoms with E-state index in [1.165, 1.54) is 50.2 Å². The van der Waals surface area contributed by atoms with Gasteiger partial charge in [-0.25, -0.2) is 0 Å². The second-order valence-electron chi connectivity index (χ2n) is 6.29. The van der Waals surface area contributed by atoms with Crippen molar-refractivity contribution in [3.63, 3.8) is 0 Å². The van der Waals surface area contributed by atoms with Crippen molar-refractivity contribution in [1.29, 1.82) is 0 Å². The molecule has 2 aliphatic carbocycles. The molecule has 0 saturated heterocycles. The highest BCUT2D eigenvalue weighted by atomic mass is 14.2. The van der Waals surface area contributed by atoms with Crippen LogP contribution in [0.2, 0.25) is 0 Å². The number of rotatable bonds is 3. The maximum absolute atomic E-state index is 2.43. The van der Waals surface area contributed by atoms with Gasteiger partial charge in [-0.2, -0.15) is 0 Å². The summed E-state index contributed by atoms with van der Waals surface area (Å²) in [4.78, 5) is 0. The molecule has 0 spiro atoms. The van der Waals surface area contributed by atoms with Crippen molar-refractivity contribution >= 4 is 22.4 Å². The molecule has 0 amide bonds. The first-order valence-electron chi connectivity index (χ1n) is 8.14. The highest BCUT2D eigenvalue weighted by Crippen LogP contribution is 2.27. The average molecular weight is 262 g/mol. The molecule has 0 atom stereocenters. The molecule has 0 heterocycles. The number of unbranched alkanes of at least 4 members (excludes halogenated alkanes) is 1. The predicted molar refractivity (Wildman–Crippen MR) is 87.2 cm³/mol. The molecule has 2 aromatic rings. The summed E-state index contributed by atoms with van der Waals surface area (Å²) in [5.41, 5.74) is 4.85. The van der Waals surface area contributed by atoms with Crippen LogP contribution in [0.25, 0.3) is 22.4 Å². The molecule has 0 nitrogen and oxygen atoms in total. The first kappa shape index (κ1) is 12.2. The third kappa shape index (κ3) is 1.74. The Kier molecular flexibility index (Phi) is 2.91. The van der Waals surface area contributed by atoms with Crippen molar-refractivity contribution in [1.82, 2.24) is 0 Å². The standard InChI is InChI=1S/C20H22/c1-2-3-5-14-8-9-17-11-10-15-6-4-7-16-12-13-18(14)20(17)19(15)16/h6,10-13H,2-5,7-9H2,1H3. The van der Waals surface area contributed by atoms with Gasteiger partial charge in [0.05, 0.1) is 0 Å². The summed E-state index contributed by atoms with van der Waals surface area (Å²) in [6.07, 6.45) is 11.3. The lowest BCUT2D eigenvalue weighted by Gasteiger charge is -2.21. The lowest BCUT2D eigenvalue weighted by atomic mass is 9.83. The Balaban J connectivity index is 2.11. The topological polar surface area (TPSA) is 0 Å². The van der Waals surface area contributed by atoms with Crippen molar-refractivity contribution in [3.05, 3.63) is 45.8 Å². The molecule has 0 saturated carbocycles. The number of hydrogen-bond acceptors (Lipinski definition) is 0. The fraction of sp³-hybridized carbons (Fsp3) is 0.400. The van der Waals surface area contributed by atoms with Gasteiger partial charge in [0, 0.05) is 0 Å². The molecule has 2 aromatic carbocycles. The zero-order valence-electron chi connectivity index (χ0n) is 12.3. The van der Waals surface area contributed by atoms with Crippen LogP contribution in [0.15, 0.2) is 24.3 Å². The summed E-state index contributed by atoms with van der Waals surface area (Å²) in [6.45, 7) is 2.29. The van der Waals surface area contributed by atoms with Crippen molar-refractivity contribution in [2.75, 3.05) is 0 Å². The Morgan fingerprint density at radius 1 is 0.900 bits per heavy atom. The summed E-state index contributed by atoms with van der Waals surface area (Å²) in [5.74, 6) is 0. The Morgan fingerprint density at radius 3 is 2.65 bits per heavy atom. The zero-order valence-corrected chi connectivity index (χ0v) is 12.3. The largest absolute Gasteiger partial charge is 0.0763 e. The van der Waals surface area contributed by atoms with Crippen LogP contribution in [0.3, 0.4) is 0 Å². The lowest BCUT2D eigenvalue weighted by molar-refractivity contribution is 0.795. The molecule has 0 radical (unpaired) electrons. The van der Waals surface area contributed by atoms with Crippen LogP contribution in [0.5, 0.6) is 0 Å². The van der Waals surface area contributed by atoms with E-state index in [9.17, 15) is 0 Å². The van der Waals surface area contributed by atoms with Crippen LogP contribution in [-0.2, 0) is 12.8 Å². The lowest BCUT2D eigenvalue weighted by Crippen LogP contribution is -2.21. The normalized spacial score (nSPS) is 16.4. The van der Waals surface area contributed by atoms with Crippen molar-refractivity contribution in [3.8, 4) is 0 Å². The van der Waals surface area contributed by atoms with Gasteiger partial charge in [0.2, 0.25) is 0 Å². The van der Waals surface area contributed by atoms with Crippen LogP contribution < -0.4 is 10.4 Å². The summed E-state index contributed by atoms with van der Waals surface area (Å²) in [6, 6.07) is 9.54.